The van der Waals surface area contributed by atoms with Gasteiger partial charge in [-0.2, -0.15) is 5.10 Å². The third-order valence-corrected chi connectivity index (χ3v) is 3.85. The van der Waals surface area contributed by atoms with Crippen molar-refractivity contribution in [3.05, 3.63) is 36.0 Å². The Morgan fingerprint density at radius 2 is 2.09 bits per heavy atom. The van der Waals surface area contributed by atoms with Gasteiger partial charge in [0, 0.05) is 31.6 Å². The summed E-state index contributed by atoms with van der Waals surface area (Å²) in [5.41, 5.74) is 1.87. The lowest BCUT2D eigenvalue weighted by Gasteiger charge is -2.15. The Balaban J connectivity index is 1.69. The van der Waals surface area contributed by atoms with Crippen molar-refractivity contribution in [2.45, 2.75) is 19.4 Å². The fourth-order valence-corrected chi connectivity index (χ4v) is 2.73. The molecule has 1 aromatic heterocycles. The van der Waals surface area contributed by atoms with Crippen LogP contribution >= 0.6 is 0 Å². The number of amides is 2. The van der Waals surface area contributed by atoms with E-state index in [1.54, 1.807) is 35.2 Å². The number of rotatable bonds is 3. The Morgan fingerprint density at radius 3 is 2.78 bits per heavy atom. The predicted octanol–water partition coefficient (Wildman–Crippen LogP) is 1.13. The summed E-state index contributed by atoms with van der Waals surface area (Å²) in [7, 11) is 0. The van der Waals surface area contributed by atoms with E-state index < -0.39 is 0 Å². The Kier molecular flexibility index (Phi) is 4.01. The van der Waals surface area contributed by atoms with Crippen LogP contribution in [0.4, 0.5) is 0 Å². The van der Waals surface area contributed by atoms with Crippen LogP contribution < -0.4 is 5.32 Å². The molecular formula is C16H18N4O3. The Hall–Kier alpha value is -2.83. The van der Waals surface area contributed by atoms with Gasteiger partial charge in [0.05, 0.1) is 5.69 Å². The monoisotopic (exact) mass is 314 g/mol. The summed E-state index contributed by atoms with van der Waals surface area (Å²) in [6, 6.07) is 8.33. The summed E-state index contributed by atoms with van der Waals surface area (Å²) in [5.74, 6) is -0.0301. The smallest absolute Gasteiger partial charge is 0.271 e. The highest BCUT2D eigenvalue weighted by Crippen LogP contribution is 2.21. The molecule has 1 aliphatic rings. The first-order valence-electron chi connectivity index (χ1n) is 7.44. The number of likely N-dealkylation sites (tertiary alicyclic amines) is 1. The Labute approximate surface area is 133 Å². The van der Waals surface area contributed by atoms with E-state index in [1.807, 2.05) is 0 Å². The Morgan fingerprint density at radius 1 is 1.35 bits per heavy atom. The van der Waals surface area contributed by atoms with E-state index in [1.165, 1.54) is 6.92 Å². The molecule has 120 valence electrons. The number of benzene rings is 1. The van der Waals surface area contributed by atoms with Crippen molar-refractivity contribution < 1.29 is 14.7 Å². The molecule has 2 aromatic rings. The third-order valence-electron chi connectivity index (χ3n) is 3.85. The summed E-state index contributed by atoms with van der Waals surface area (Å²) >= 11 is 0. The summed E-state index contributed by atoms with van der Waals surface area (Å²) in [5, 5.41) is 19.1. The number of aromatic hydroxyl groups is 1. The standard InChI is InChI=1S/C16H18N4O3/c1-10(21)17-12-6-7-20(9-12)16(23)15-8-14(18-19-15)11-2-4-13(22)5-3-11/h2-5,8,12,22H,6-7,9H2,1H3,(H,17,21)(H,18,19). The summed E-state index contributed by atoms with van der Waals surface area (Å²) in [6.07, 6.45) is 0.754. The van der Waals surface area contributed by atoms with Gasteiger partial charge < -0.3 is 15.3 Å². The highest BCUT2D eigenvalue weighted by atomic mass is 16.3. The quantitative estimate of drug-likeness (QED) is 0.791. The number of phenolic OH excluding ortho intramolecular Hbond substituents is 1. The van der Waals surface area contributed by atoms with Gasteiger partial charge in [-0.05, 0) is 36.8 Å². The van der Waals surface area contributed by atoms with Gasteiger partial charge in [-0.25, -0.2) is 0 Å². The second-order valence-electron chi connectivity index (χ2n) is 5.65. The lowest BCUT2D eigenvalue weighted by atomic mass is 10.1. The average molecular weight is 314 g/mol. The molecule has 7 heteroatoms. The topological polar surface area (TPSA) is 98.3 Å². The number of nitrogens with one attached hydrogen (secondary N) is 2. The third kappa shape index (κ3) is 3.33. The molecule has 7 nitrogen and oxygen atoms in total. The largest absolute Gasteiger partial charge is 0.508 e. The molecule has 23 heavy (non-hydrogen) atoms. The van der Waals surface area contributed by atoms with Crippen LogP contribution in [0.2, 0.25) is 0 Å². The molecule has 0 aliphatic carbocycles. The number of hydrogen-bond donors (Lipinski definition) is 3. The van der Waals surface area contributed by atoms with E-state index in [2.05, 4.69) is 15.5 Å². The van der Waals surface area contributed by atoms with Crippen molar-refractivity contribution in [2.75, 3.05) is 13.1 Å². The second-order valence-corrected chi connectivity index (χ2v) is 5.65. The first-order valence-corrected chi connectivity index (χ1v) is 7.44. The van der Waals surface area contributed by atoms with Crippen molar-refractivity contribution in [1.82, 2.24) is 20.4 Å². The molecule has 1 fully saturated rings. The maximum atomic E-state index is 12.5. The minimum absolute atomic E-state index is 0.0101. The maximum absolute atomic E-state index is 12.5. The van der Waals surface area contributed by atoms with Crippen molar-refractivity contribution in [1.29, 1.82) is 0 Å². The molecule has 1 aliphatic heterocycles. The number of H-pyrrole nitrogens is 1. The lowest BCUT2D eigenvalue weighted by Crippen LogP contribution is -2.37. The van der Waals surface area contributed by atoms with Gasteiger partial charge in [-0.15, -0.1) is 0 Å². The number of aromatic amines is 1. The maximum Gasteiger partial charge on any atom is 0.271 e. The van der Waals surface area contributed by atoms with Crippen LogP contribution in [-0.2, 0) is 4.79 Å². The van der Waals surface area contributed by atoms with Crippen molar-refractivity contribution in [3.8, 4) is 17.0 Å². The van der Waals surface area contributed by atoms with Crippen molar-refractivity contribution in [3.63, 3.8) is 0 Å². The number of nitrogens with zero attached hydrogens (tertiary/aromatic N) is 2. The Bertz CT molecular complexity index is 723. The normalized spacial score (nSPS) is 17.3. The van der Waals surface area contributed by atoms with Crippen LogP contribution in [0.25, 0.3) is 11.3 Å². The molecule has 2 amide bonds. The van der Waals surface area contributed by atoms with E-state index >= 15 is 0 Å². The van der Waals surface area contributed by atoms with Gasteiger partial charge in [-0.3, -0.25) is 14.7 Å². The molecule has 1 unspecified atom stereocenters. The number of aromatic nitrogens is 2. The lowest BCUT2D eigenvalue weighted by molar-refractivity contribution is -0.119. The molecule has 1 saturated heterocycles. The summed E-state index contributed by atoms with van der Waals surface area (Å²) in [6.45, 7) is 2.59. The minimum Gasteiger partial charge on any atom is -0.508 e. The molecule has 1 aromatic carbocycles. The number of hydrogen-bond acceptors (Lipinski definition) is 4. The van der Waals surface area contributed by atoms with Gasteiger partial charge in [-0.1, -0.05) is 0 Å². The second kappa shape index (κ2) is 6.12. The fourth-order valence-electron chi connectivity index (χ4n) is 2.73. The van der Waals surface area contributed by atoms with Crippen LogP contribution in [0.3, 0.4) is 0 Å². The molecule has 1 atom stereocenters. The van der Waals surface area contributed by atoms with Crippen molar-refractivity contribution >= 4 is 11.8 Å². The molecule has 3 rings (SSSR count). The average Bonchev–Trinajstić information content (AvgIpc) is 3.16. The SMILES string of the molecule is CC(=O)NC1CCN(C(=O)c2cc(-c3ccc(O)cc3)n[nH]2)C1. The van der Waals surface area contributed by atoms with Gasteiger partial charge >= 0.3 is 0 Å². The highest BCUT2D eigenvalue weighted by molar-refractivity contribution is 5.93. The number of phenols is 1. The molecule has 0 radical (unpaired) electrons. The molecule has 2 heterocycles. The van der Waals surface area contributed by atoms with Gasteiger partial charge in [0.15, 0.2) is 0 Å². The molecule has 0 saturated carbocycles. The summed E-state index contributed by atoms with van der Waals surface area (Å²) < 4.78 is 0. The van der Waals surface area contributed by atoms with E-state index in [-0.39, 0.29) is 23.6 Å². The number of carbonyl (C=O) groups is 2. The van der Waals surface area contributed by atoms with Gasteiger partial charge in [0.25, 0.3) is 5.91 Å². The zero-order valence-electron chi connectivity index (χ0n) is 12.7. The van der Waals surface area contributed by atoms with E-state index in [4.69, 9.17) is 0 Å². The minimum atomic E-state index is -0.129. The van der Waals surface area contributed by atoms with Gasteiger partial charge in [0.2, 0.25) is 5.91 Å². The van der Waals surface area contributed by atoms with Crippen LogP contribution in [0.1, 0.15) is 23.8 Å². The van der Waals surface area contributed by atoms with E-state index in [0.29, 0.717) is 24.5 Å². The number of carbonyl (C=O) groups excluding carboxylic acids is 2. The van der Waals surface area contributed by atoms with Crippen molar-refractivity contribution in [2.24, 2.45) is 0 Å². The fraction of sp³-hybridized carbons (Fsp3) is 0.312. The van der Waals surface area contributed by atoms with E-state index in [9.17, 15) is 14.7 Å². The highest BCUT2D eigenvalue weighted by Gasteiger charge is 2.28. The van der Waals surface area contributed by atoms with Crippen LogP contribution in [-0.4, -0.2) is 51.1 Å². The molecule has 0 bridgehead atoms. The predicted molar refractivity (Wildman–Crippen MR) is 83.8 cm³/mol. The van der Waals surface area contributed by atoms with Crippen LogP contribution in [0.5, 0.6) is 5.75 Å². The first-order chi connectivity index (χ1) is 11.0. The molecule has 0 spiro atoms. The molecule has 3 N–H and O–H groups in total. The summed E-state index contributed by atoms with van der Waals surface area (Å²) in [4.78, 5) is 25.3. The first kappa shape index (κ1) is 15.1. The van der Waals surface area contributed by atoms with Crippen LogP contribution in [0, 0.1) is 0 Å². The molecular weight excluding hydrogens is 296 g/mol. The van der Waals surface area contributed by atoms with E-state index in [0.717, 1.165) is 12.0 Å². The zero-order valence-corrected chi connectivity index (χ0v) is 12.7. The van der Waals surface area contributed by atoms with Crippen LogP contribution in [0.15, 0.2) is 30.3 Å². The van der Waals surface area contributed by atoms with Gasteiger partial charge in [0.1, 0.15) is 11.4 Å². The zero-order chi connectivity index (χ0) is 16.4.